The molecular formula is C19H27O6Si. The van der Waals surface area contributed by atoms with E-state index in [2.05, 4.69) is 6.92 Å². The predicted molar refractivity (Wildman–Crippen MR) is 97.9 cm³/mol. The molecule has 0 bridgehead atoms. The van der Waals surface area contributed by atoms with Crippen LogP contribution in [0.4, 0.5) is 0 Å². The van der Waals surface area contributed by atoms with Gasteiger partial charge in [-0.15, -0.1) is 0 Å². The zero-order chi connectivity index (χ0) is 19.2. The van der Waals surface area contributed by atoms with Crippen molar-refractivity contribution in [1.82, 2.24) is 0 Å². The molecule has 0 N–H and O–H groups in total. The topological polar surface area (TPSA) is 71.1 Å². The number of ether oxygens (including phenoxy) is 2. The van der Waals surface area contributed by atoms with E-state index < -0.39 is 27.0 Å². The van der Waals surface area contributed by atoms with Crippen LogP contribution in [0.25, 0.3) is 0 Å². The standard InChI is InChI=1S/C19H27O6Si/c1-5-6-7-8-11-19(4)22-13-16-12-17(9-10-18(16)23-19)26(24-14(2)20)25-15(3)21/h9-10,12H,5-8,11,13H2,1-4H3. The molecule has 1 heterocycles. The maximum atomic E-state index is 11.3. The van der Waals surface area contributed by atoms with Gasteiger partial charge in [0.1, 0.15) is 5.75 Å². The van der Waals surface area contributed by atoms with Crippen LogP contribution in [0.15, 0.2) is 18.2 Å². The van der Waals surface area contributed by atoms with Crippen LogP contribution in [-0.4, -0.2) is 27.0 Å². The lowest BCUT2D eigenvalue weighted by atomic mass is 10.1. The molecule has 1 atom stereocenters. The number of carbonyl (C=O) groups excluding carboxylic acids is 2. The smallest absolute Gasteiger partial charge is 0.480 e. The second-order valence-corrected chi connectivity index (χ2v) is 8.19. The third-order valence-corrected chi connectivity index (χ3v) is 5.84. The van der Waals surface area contributed by atoms with Gasteiger partial charge in [-0.3, -0.25) is 9.59 Å². The summed E-state index contributed by atoms with van der Waals surface area (Å²) >= 11 is 0. The lowest BCUT2D eigenvalue weighted by molar-refractivity contribution is -0.198. The highest BCUT2D eigenvalue weighted by Gasteiger charge is 2.34. The average molecular weight is 380 g/mol. The predicted octanol–water partition coefficient (Wildman–Crippen LogP) is 3.10. The first-order valence-corrected chi connectivity index (χ1v) is 10.3. The maximum Gasteiger partial charge on any atom is 0.576 e. The number of rotatable bonds is 8. The van der Waals surface area contributed by atoms with E-state index in [-0.39, 0.29) is 0 Å². The summed E-state index contributed by atoms with van der Waals surface area (Å²) in [6.07, 6.45) is 5.47. The highest BCUT2D eigenvalue weighted by molar-refractivity contribution is 6.64. The molecule has 1 aliphatic heterocycles. The molecule has 26 heavy (non-hydrogen) atoms. The van der Waals surface area contributed by atoms with Gasteiger partial charge < -0.3 is 18.3 Å². The minimum atomic E-state index is -2.21. The first kappa shape index (κ1) is 20.4. The van der Waals surface area contributed by atoms with Crippen molar-refractivity contribution in [3.63, 3.8) is 0 Å². The molecule has 1 aliphatic rings. The summed E-state index contributed by atoms with van der Waals surface area (Å²) in [7, 11) is -2.21. The van der Waals surface area contributed by atoms with E-state index in [1.807, 2.05) is 19.1 Å². The quantitative estimate of drug-likeness (QED) is 0.511. The summed E-state index contributed by atoms with van der Waals surface area (Å²) in [5, 5.41) is 0.665. The summed E-state index contributed by atoms with van der Waals surface area (Å²) < 4.78 is 22.4. The number of unbranched alkanes of at least 4 members (excludes halogenated alkanes) is 3. The van der Waals surface area contributed by atoms with Gasteiger partial charge in [-0.25, -0.2) is 0 Å². The molecule has 1 unspecified atom stereocenters. The molecule has 0 aromatic heterocycles. The number of hydrogen-bond donors (Lipinski definition) is 0. The molecule has 0 saturated carbocycles. The third-order valence-electron chi connectivity index (χ3n) is 4.11. The van der Waals surface area contributed by atoms with Gasteiger partial charge in [-0.1, -0.05) is 32.3 Å². The third kappa shape index (κ3) is 5.84. The van der Waals surface area contributed by atoms with Crippen molar-refractivity contribution in [3.8, 4) is 5.75 Å². The molecule has 7 heteroatoms. The van der Waals surface area contributed by atoms with Crippen molar-refractivity contribution in [2.24, 2.45) is 0 Å². The lowest BCUT2D eigenvalue weighted by Crippen LogP contribution is -2.42. The van der Waals surface area contributed by atoms with Crippen LogP contribution in [-0.2, 0) is 29.8 Å². The van der Waals surface area contributed by atoms with Crippen LogP contribution in [0.3, 0.4) is 0 Å². The summed E-state index contributed by atoms with van der Waals surface area (Å²) in [6, 6.07) is 5.43. The molecular weight excluding hydrogens is 352 g/mol. The highest BCUT2D eigenvalue weighted by Crippen LogP contribution is 2.33. The normalized spacial score (nSPS) is 18.8. The van der Waals surface area contributed by atoms with Crippen molar-refractivity contribution in [2.75, 3.05) is 0 Å². The van der Waals surface area contributed by atoms with E-state index in [9.17, 15) is 9.59 Å². The molecule has 0 saturated heterocycles. The Labute approximate surface area is 156 Å². The van der Waals surface area contributed by atoms with Crippen molar-refractivity contribution in [1.29, 1.82) is 0 Å². The summed E-state index contributed by atoms with van der Waals surface area (Å²) in [5.41, 5.74) is 0.857. The number of carbonyl (C=O) groups is 2. The molecule has 1 aromatic carbocycles. The van der Waals surface area contributed by atoms with Gasteiger partial charge in [0, 0.05) is 37.9 Å². The Hall–Kier alpha value is -1.86. The van der Waals surface area contributed by atoms with E-state index >= 15 is 0 Å². The van der Waals surface area contributed by atoms with Crippen LogP contribution < -0.4 is 9.92 Å². The Morgan fingerprint density at radius 1 is 1.15 bits per heavy atom. The van der Waals surface area contributed by atoms with Crippen LogP contribution in [0.5, 0.6) is 5.75 Å². The molecule has 143 valence electrons. The number of hydrogen-bond acceptors (Lipinski definition) is 6. The van der Waals surface area contributed by atoms with Gasteiger partial charge >= 0.3 is 9.28 Å². The van der Waals surface area contributed by atoms with E-state index in [1.165, 1.54) is 33.1 Å². The largest absolute Gasteiger partial charge is 0.576 e. The van der Waals surface area contributed by atoms with Crippen molar-refractivity contribution >= 4 is 26.4 Å². The number of benzene rings is 1. The highest BCUT2D eigenvalue weighted by atomic mass is 28.3. The fraction of sp³-hybridized carbons (Fsp3) is 0.579. The minimum Gasteiger partial charge on any atom is -0.480 e. The Morgan fingerprint density at radius 2 is 1.85 bits per heavy atom. The van der Waals surface area contributed by atoms with Gasteiger partial charge in [0.25, 0.3) is 11.9 Å². The van der Waals surface area contributed by atoms with Gasteiger partial charge in [0.15, 0.2) is 0 Å². The zero-order valence-electron chi connectivity index (χ0n) is 15.9. The molecule has 0 amide bonds. The Balaban J connectivity index is 2.09. The average Bonchev–Trinajstić information content (AvgIpc) is 2.57. The fourth-order valence-corrected chi connectivity index (χ4v) is 4.12. The molecule has 6 nitrogen and oxygen atoms in total. The first-order valence-electron chi connectivity index (χ1n) is 9.03. The molecule has 0 spiro atoms. The summed E-state index contributed by atoms with van der Waals surface area (Å²) in [5.74, 6) is -0.832. The molecule has 0 aliphatic carbocycles. The fourth-order valence-electron chi connectivity index (χ4n) is 2.81. The lowest BCUT2D eigenvalue weighted by Gasteiger charge is -2.36. The zero-order valence-corrected chi connectivity index (χ0v) is 16.9. The Morgan fingerprint density at radius 3 is 2.46 bits per heavy atom. The van der Waals surface area contributed by atoms with Gasteiger partial charge in [0.05, 0.1) is 6.61 Å². The molecule has 1 aromatic rings. The van der Waals surface area contributed by atoms with Crippen molar-refractivity contribution < 1.29 is 27.9 Å². The van der Waals surface area contributed by atoms with Crippen molar-refractivity contribution in [2.45, 2.75) is 72.2 Å². The second kappa shape index (κ2) is 9.18. The molecule has 1 radical (unpaired) electrons. The minimum absolute atomic E-state index is 0.405. The van der Waals surface area contributed by atoms with Crippen LogP contribution in [0.2, 0.25) is 0 Å². The van der Waals surface area contributed by atoms with E-state index in [4.69, 9.17) is 18.3 Å². The molecule has 0 fully saturated rings. The summed E-state index contributed by atoms with van der Waals surface area (Å²) in [6.45, 7) is 7.14. The van der Waals surface area contributed by atoms with Crippen LogP contribution in [0, 0.1) is 0 Å². The monoisotopic (exact) mass is 379 g/mol. The Kier molecular flexibility index (Phi) is 7.22. The number of fused-ring (bicyclic) bond motifs is 1. The molecule has 2 rings (SSSR count). The van der Waals surface area contributed by atoms with E-state index in [1.54, 1.807) is 6.07 Å². The SMILES string of the molecule is CCCCCCC1(C)OCc2cc([Si](OC(C)=O)OC(C)=O)ccc2O1. The van der Waals surface area contributed by atoms with E-state index in [0.29, 0.717) is 11.8 Å². The van der Waals surface area contributed by atoms with Crippen LogP contribution in [0.1, 0.15) is 65.4 Å². The summed E-state index contributed by atoms with van der Waals surface area (Å²) in [4.78, 5) is 22.6. The van der Waals surface area contributed by atoms with Gasteiger partial charge in [-0.05, 0) is 18.6 Å². The first-order chi connectivity index (χ1) is 12.3. The Bertz CT molecular complexity index is 631. The van der Waals surface area contributed by atoms with Gasteiger partial charge in [-0.2, -0.15) is 0 Å². The second-order valence-electron chi connectivity index (χ2n) is 6.63. The van der Waals surface area contributed by atoms with Crippen LogP contribution >= 0.6 is 0 Å². The van der Waals surface area contributed by atoms with Crippen molar-refractivity contribution in [3.05, 3.63) is 23.8 Å². The van der Waals surface area contributed by atoms with E-state index in [0.717, 1.165) is 24.2 Å². The van der Waals surface area contributed by atoms with Gasteiger partial charge in [0.2, 0.25) is 5.79 Å². The maximum absolute atomic E-state index is 11.3.